The maximum Gasteiger partial charge on any atom is 0.286 e. The molecule has 0 atom stereocenters. The topological polar surface area (TPSA) is 55.7 Å². The Hall–Kier alpha value is -0.400. The highest BCUT2D eigenvalue weighted by molar-refractivity contribution is 9.11. The molecule has 4 nitrogen and oxygen atoms in total. The van der Waals surface area contributed by atoms with Gasteiger partial charge in [-0.1, -0.05) is 15.9 Å². The van der Waals surface area contributed by atoms with Crippen LogP contribution in [0.4, 0.5) is 0 Å². The summed E-state index contributed by atoms with van der Waals surface area (Å²) >= 11 is 6.47. The van der Waals surface area contributed by atoms with Crippen LogP contribution in [0.15, 0.2) is 36.4 Å². The van der Waals surface area contributed by atoms with Crippen LogP contribution in [0.1, 0.15) is 19.3 Å². The average Bonchev–Trinajstić information content (AvgIpc) is 2.33. The molecule has 0 spiro atoms. The van der Waals surface area contributed by atoms with Crippen LogP contribution in [-0.2, 0) is 14.8 Å². The zero-order valence-electron chi connectivity index (χ0n) is 9.40. The van der Waals surface area contributed by atoms with Crippen molar-refractivity contribution in [2.45, 2.75) is 24.2 Å². The van der Waals surface area contributed by atoms with Crippen LogP contribution in [0.2, 0.25) is 0 Å². The first-order valence-corrected chi connectivity index (χ1v) is 8.43. The van der Waals surface area contributed by atoms with Crippen molar-refractivity contribution in [3.05, 3.63) is 27.1 Å². The molecule has 98 valence electrons. The van der Waals surface area contributed by atoms with E-state index in [0.717, 1.165) is 12.8 Å². The summed E-state index contributed by atoms with van der Waals surface area (Å²) in [7, 11) is -3.73. The summed E-state index contributed by atoms with van der Waals surface area (Å²) in [5.41, 5.74) is 0. The van der Waals surface area contributed by atoms with Crippen LogP contribution < -0.4 is 0 Å². The van der Waals surface area contributed by atoms with Crippen LogP contribution in [0.3, 0.4) is 0 Å². The molecule has 0 unspecified atom stereocenters. The predicted molar refractivity (Wildman–Crippen MR) is 76.3 cm³/mol. The number of nitrogens with zero attached hydrogens (tertiary/aromatic N) is 1. The number of rotatable bonds is 2. The van der Waals surface area contributed by atoms with E-state index in [2.05, 4.69) is 36.3 Å². The Balaban J connectivity index is 2.38. The standard InChI is InChI=1S/C11H11Br2NO3S/c12-8-4-5-9(13)10(7-8)18(15,16)14-11-3-1-2-6-17-11/h4-5,7H,1-3,6H2. The molecule has 0 amide bonds. The molecule has 0 radical (unpaired) electrons. The quantitative estimate of drug-likeness (QED) is 0.768. The fourth-order valence-electron chi connectivity index (χ4n) is 1.57. The van der Waals surface area contributed by atoms with Gasteiger partial charge in [0.15, 0.2) is 5.90 Å². The Morgan fingerprint density at radius 3 is 2.67 bits per heavy atom. The van der Waals surface area contributed by atoms with Crippen molar-refractivity contribution in [3.8, 4) is 0 Å². The highest BCUT2D eigenvalue weighted by atomic mass is 79.9. The van der Waals surface area contributed by atoms with Gasteiger partial charge in [-0.15, -0.1) is 4.40 Å². The molecule has 1 aliphatic rings. The van der Waals surface area contributed by atoms with Gasteiger partial charge in [0.05, 0.1) is 6.61 Å². The first-order valence-electron chi connectivity index (χ1n) is 5.41. The number of hydrogen-bond donors (Lipinski definition) is 0. The molecule has 1 aromatic carbocycles. The molecule has 18 heavy (non-hydrogen) atoms. The lowest BCUT2D eigenvalue weighted by atomic mass is 10.2. The molecule has 1 heterocycles. The maximum atomic E-state index is 12.2. The smallest absolute Gasteiger partial charge is 0.286 e. The number of benzene rings is 1. The van der Waals surface area contributed by atoms with Gasteiger partial charge in [0.1, 0.15) is 4.90 Å². The van der Waals surface area contributed by atoms with Gasteiger partial charge in [0, 0.05) is 15.4 Å². The van der Waals surface area contributed by atoms with E-state index in [1.807, 2.05) is 0 Å². The lowest BCUT2D eigenvalue weighted by molar-refractivity contribution is 0.261. The fraction of sp³-hybridized carbons (Fsp3) is 0.364. The van der Waals surface area contributed by atoms with Gasteiger partial charge in [0.25, 0.3) is 10.0 Å². The largest absolute Gasteiger partial charge is 0.480 e. The van der Waals surface area contributed by atoms with Crippen molar-refractivity contribution in [1.82, 2.24) is 0 Å². The first kappa shape index (κ1) is 14.0. The summed E-state index contributed by atoms with van der Waals surface area (Å²) in [4.78, 5) is 0.138. The number of halogens is 2. The van der Waals surface area contributed by atoms with Gasteiger partial charge in [-0.2, -0.15) is 8.42 Å². The fourth-order valence-corrected chi connectivity index (χ4v) is 4.04. The molecule has 0 saturated carbocycles. The molecular weight excluding hydrogens is 386 g/mol. The zero-order valence-corrected chi connectivity index (χ0v) is 13.4. The Kier molecular flexibility index (Phi) is 4.45. The minimum Gasteiger partial charge on any atom is -0.480 e. The molecule has 1 fully saturated rings. The number of sulfonamides is 1. The van der Waals surface area contributed by atoms with Crippen LogP contribution in [0, 0.1) is 0 Å². The maximum absolute atomic E-state index is 12.2. The highest BCUT2D eigenvalue weighted by Crippen LogP contribution is 2.27. The highest BCUT2D eigenvalue weighted by Gasteiger charge is 2.20. The SMILES string of the molecule is O=S(=O)(N=C1CCCCO1)c1cc(Br)ccc1Br. The van der Waals surface area contributed by atoms with Gasteiger partial charge >= 0.3 is 0 Å². The zero-order chi connectivity index (χ0) is 13.2. The molecule has 0 aromatic heterocycles. The molecular formula is C11H11Br2NO3S. The number of hydrogen-bond acceptors (Lipinski definition) is 3. The Labute approximate surface area is 123 Å². The van der Waals surface area contributed by atoms with E-state index in [4.69, 9.17) is 4.74 Å². The van der Waals surface area contributed by atoms with E-state index >= 15 is 0 Å². The van der Waals surface area contributed by atoms with E-state index in [1.54, 1.807) is 12.1 Å². The van der Waals surface area contributed by atoms with Crippen molar-refractivity contribution < 1.29 is 13.2 Å². The second kappa shape index (κ2) is 5.71. The first-order chi connectivity index (χ1) is 8.49. The summed E-state index contributed by atoms with van der Waals surface area (Å²) in [6.07, 6.45) is 2.43. The Morgan fingerprint density at radius 1 is 1.22 bits per heavy atom. The second-order valence-electron chi connectivity index (χ2n) is 3.84. The van der Waals surface area contributed by atoms with E-state index in [1.165, 1.54) is 6.07 Å². The third kappa shape index (κ3) is 3.33. The molecule has 0 N–H and O–H groups in total. The summed E-state index contributed by atoms with van der Waals surface area (Å²) in [6, 6.07) is 4.94. The van der Waals surface area contributed by atoms with Crippen LogP contribution in [0.25, 0.3) is 0 Å². The van der Waals surface area contributed by atoms with Crippen LogP contribution in [0.5, 0.6) is 0 Å². The van der Waals surface area contributed by atoms with E-state index in [9.17, 15) is 8.42 Å². The number of ether oxygens (including phenoxy) is 1. The van der Waals surface area contributed by atoms with Gasteiger partial charge in [-0.05, 0) is 47.0 Å². The molecule has 1 saturated heterocycles. The lowest BCUT2D eigenvalue weighted by Crippen LogP contribution is -2.15. The van der Waals surface area contributed by atoms with Crippen molar-refractivity contribution >= 4 is 47.8 Å². The van der Waals surface area contributed by atoms with Crippen molar-refractivity contribution in [1.29, 1.82) is 0 Å². The van der Waals surface area contributed by atoms with Gasteiger partial charge in [-0.3, -0.25) is 0 Å². The summed E-state index contributed by atoms with van der Waals surface area (Å²) in [6.45, 7) is 0.536. The van der Waals surface area contributed by atoms with Crippen LogP contribution in [-0.4, -0.2) is 20.9 Å². The van der Waals surface area contributed by atoms with Crippen molar-refractivity contribution in [2.24, 2.45) is 4.40 Å². The van der Waals surface area contributed by atoms with Gasteiger partial charge in [0.2, 0.25) is 0 Å². The van der Waals surface area contributed by atoms with E-state index in [-0.39, 0.29) is 4.90 Å². The third-order valence-electron chi connectivity index (χ3n) is 2.45. The third-order valence-corrected chi connectivity index (χ3v) is 5.23. The second-order valence-corrected chi connectivity index (χ2v) is 7.18. The Bertz CT molecular complexity index is 576. The predicted octanol–water partition coefficient (Wildman–Crippen LogP) is 3.50. The van der Waals surface area contributed by atoms with E-state index in [0.29, 0.717) is 27.9 Å². The van der Waals surface area contributed by atoms with Crippen molar-refractivity contribution in [3.63, 3.8) is 0 Å². The normalized spacial score (nSPS) is 18.7. The average molecular weight is 397 g/mol. The molecule has 2 rings (SSSR count). The molecule has 1 aliphatic heterocycles. The van der Waals surface area contributed by atoms with Gasteiger partial charge < -0.3 is 4.74 Å². The van der Waals surface area contributed by atoms with Crippen molar-refractivity contribution in [2.75, 3.05) is 6.61 Å². The monoisotopic (exact) mass is 395 g/mol. The van der Waals surface area contributed by atoms with E-state index < -0.39 is 10.0 Å². The van der Waals surface area contributed by atoms with Crippen LogP contribution >= 0.6 is 31.9 Å². The molecule has 0 aliphatic carbocycles. The summed E-state index contributed by atoms with van der Waals surface area (Å²) in [5, 5.41) is 0. The Morgan fingerprint density at radius 2 is 2.00 bits per heavy atom. The van der Waals surface area contributed by atoms with Gasteiger partial charge in [-0.25, -0.2) is 0 Å². The molecule has 1 aromatic rings. The molecule has 7 heteroatoms. The lowest BCUT2D eigenvalue weighted by Gasteiger charge is -2.14. The molecule has 0 bridgehead atoms. The summed E-state index contributed by atoms with van der Waals surface area (Å²) < 4.78 is 34.5. The minimum absolute atomic E-state index is 0.138. The minimum atomic E-state index is -3.73. The summed E-state index contributed by atoms with van der Waals surface area (Å²) in [5.74, 6) is 0.299.